The quantitative estimate of drug-likeness (QED) is 0.775. The molecule has 0 bridgehead atoms. The molecule has 1 aliphatic heterocycles. The van der Waals surface area contributed by atoms with Crippen LogP contribution in [0.25, 0.3) is 11.5 Å². The second-order valence-corrected chi connectivity index (χ2v) is 6.24. The molecule has 0 fully saturated rings. The van der Waals surface area contributed by atoms with Gasteiger partial charge in [0.25, 0.3) is 0 Å². The van der Waals surface area contributed by atoms with Crippen LogP contribution < -0.4 is 5.32 Å². The third-order valence-electron chi connectivity index (χ3n) is 4.58. The summed E-state index contributed by atoms with van der Waals surface area (Å²) in [4.78, 5) is 16.7. The Morgan fingerprint density at radius 1 is 1.42 bits per heavy atom. The largest absolute Gasteiger partial charge is 0.460 e. The van der Waals surface area contributed by atoms with Crippen molar-refractivity contribution in [1.29, 1.82) is 0 Å². The second kappa shape index (κ2) is 5.67. The van der Waals surface area contributed by atoms with Gasteiger partial charge < -0.3 is 14.3 Å². The van der Waals surface area contributed by atoms with Crippen LogP contribution in [-0.4, -0.2) is 25.7 Å². The first-order chi connectivity index (χ1) is 11.6. The third-order valence-corrected chi connectivity index (χ3v) is 4.58. The van der Waals surface area contributed by atoms with E-state index in [1.54, 1.807) is 0 Å². The van der Waals surface area contributed by atoms with E-state index >= 15 is 0 Å². The summed E-state index contributed by atoms with van der Waals surface area (Å²) in [5.41, 5.74) is 2.77. The normalized spacial score (nSPS) is 16.8. The molecule has 1 atom stereocenters. The third kappa shape index (κ3) is 2.51. The van der Waals surface area contributed by atoms with E-state index in [4.69, 9.17) is 4.42 Å². The molecule has 0 aromatic carbocycles. The Labute approximate surface area is 139 Å². The highest BCUT2D eigenvalue weighted by atomic mass is 16.3. The lowest BCUT2D eigenvalue weighted by atomic mass is 9.95. The van der Waals surface area contributed by atoms with Gasteiger partial charge in [0, 0.05) is 36.3 Å². The standard InChI is InChI=1S/C17H19N5O2/c1-10-3-4-14(24-10)15-11(2)16(21-20-15)19-17(23)12-5-6-22-9-18-8-13(22)7-12/h3-4,8-9,12H,5-7H2,1-2H3,(H2,19,20,21,23). The van der Waals surface area contributed by atoms with Crippen molar-refractivity contribution in [2.75, 3.05) is 5.32 Å². The number of aryl methyl sites for hydroxylation is 2. The zero-order chi connectivity index (χ0) is 16.7. The van der Waals surface area contributed by atoms with Gasteiger partial charge in [-0.2, -0.15) is 5.10 Å². The number of fused-ring (bicyclic) bond motifs is 1. The SMILES string of the molecule is Cc1ccc(-c2[nH]nc(NC(=O)C3CCn4cncc4C3)c2C)o1. The fraction of sp³-hybridized carbons (Fsp3) is 0.353. The summed E-state index contributed by atoms with van der Waals surface area (Å²) in [6.07, 6.45) is 5.16. The number of amides is 1. The molecule has 3 aromatic rings. The van der Waals surface area contributed by atoms with Crippen molar-refractivity contribution < 1.29 is 9.21 Å². The van der Waals surface area contributed by atoms with E-state index in [0.29, 0.717) is 12.2 Å². The summed E-state index contributed by atoms with van der Waals surface area (Å²) < 4.78 is 7.72. The topological polar surface area (TPSA) is 88.7 Å². The first-order valence-corrected chi connectivity index (χ1v) is 8.03. The zero-order valence-electron chi connectivity index (χ0n) is 13.7. The van der Waals surface area contributed by atoms with Gasteiger partial charge in [0.1, 0.15) is 11.5 Å². The predicted molar refractivity (Wildman–Crippen MR) is 88.4 cm³/mol. The van der Waals surface area contributed by atoms with Gasteiger partial charge in [0.2, 0.25) is 5.91 Å². The number of rotatable bonds is 3. The number of aromatic amines is 1. The van der Waals surface area contributed by atoms with E-state index in [2.05, 4.69) is 25.1 Å². The summed E-state index contributed by atoms with van der Waals surface area (Å²) in [7, 11) is 0. The Morgan fingerprint density at radius 2 is 2.29 bits per heavy atom. The van der Waals surface area contributed by atoms with Gasteiger partial charge >= 0.3 is 0 Å². The van der Waals surface area contributed by atoms with Crippen LogP contribution in [0.1, 0.15) is 23.4 Å². The minimum atomic E-state index is -0.0559. The number of hydrogen-bond acceptors (Lipinski definition) is 4. The zero-order valence-corrected chi connectivity index (χ0v) is 13.7. The average Bonchev–Trinajstić information content (AvgIpc) is 3.28. The Bertz CT molecular complexity index is 889. The van der Waals surface area contributed by atoms with E-state index in [9.17, 15) is 4.79 Å². The molecule has 7 heteroatoms. The molecule has 1 aliphatic rings. The van der Waals surface area contributed by atoms with E-state index in [1.807, 2.05) is 38.5 Å². The summed E-state index contributed by atoms with van der Waals surface area (Å²) in [5, 5.41) is 10.1. The molecule has 7 nitrogen and oxygen atoms in total. The Kier molecular flexibility index (Phi) is 3.48. The smallest absolute Gasteiger partial charge is 0.229 e. The van der Waals surface area contributed by atoms with Crippen molar-refractivity contribution in [3.05, 3.63) is 41.7 Å². The molecule has 1 amide bonds. The van der Waals surface area contributed by atoms with Gasteiger partial charge in [-0.3, -0.25) is 9.89 Å². The van der Waals surface area contributed by atoms with Crippen molar-refractivity contribution in [2.45, 2.75) is 33.2 Å². The monoisotopic (exact) mass is 325 g/mol. The molecule has 4 heterocycles. The Morgan fingerprint density at radius 3 is 3.08 bits per heavy atom. The van der Waals surface area contributed by atoms with Crippen LogP contribution >= 0.6 is 0 Å². The molecule has 3 aromatic heterocycles. The van der Waals surface area contributed by atoms with Crippen LogP contribution in [0.4, 0.5) is 5.82 Å². The van der Waals surface area contributed by atoms with E-state index in [1.165, 1.54) is 0 Å². The van der Waals surface area contributed by atoms with Gasteiger partial charge in [-0.15, -0.1) is 0 Å². The molecule has 24 heavy (non-hydrogen) atoms. The predicted octanol–water partition coefficient (Wildman–Crippen LogP) is 2.68. The lowest BCUT2D eigenvalue weighted by Crippen LogP contribution is -2.30. The first kappa shape index (κ1) is 14.7. The average molecular weight is 325 g/mol. The van der Waals surface area contributed by atoms with E-state index in [0.717, 1.165) is 41.4 Å². The number of aromatic nitrogens is 4. The van der Waals surface area contributed by atoms with E-state index < -0.39 is 0 Å². The van der Waals surface area contributed by atoms with Gasteiger partial charge in [-0.1, -0.05) is 0 Å². The van der Waals surface area contributed by atoms with Crippen molar-refractivity contribution in [3.63, 3.8) is 0 Å². The minimum absolute atomic E-state index is 0.000717. The van der Waals surface area contributed by atoms with Gasteiger partial charge in [0.15, 0.2) is 11.6 Å². The highest BCUT2D eigenvalue weighted by Crippen LogP contribution is 2.28. The molecule has 0 saturated carbocycles. The molecular weight excluding hydrogens is 306 g/mol. The van der Waals surface area contributed by atoms with Crippen LogP contribution in [0.2, 0.25) is 0 Å². The molecule has 0 saturated heterocycles. The molecule has 0 spiro atoms. The van der Waals surface area contributed by atoms with Crippen molar-refractivity contribution >= 4 is 11.7 Å². The van der Waals surface area contributed by atoms with Crippen LogP contribution in [0.3, 0.4) is 0 Å². The summed E-state index contributed by atoms with van der Waals surface area (Å²) in [6.45, 7) is 4.64. The lowest BCUT2D eigenvalue weighted by Gasteiger charge is -2.22. The Hall–Kier alpha value is -2.83. The molecule has 0 aliphatic carbocycles. The van der Waals surface area contributed by atoms with Gasteiger partial charge in [0.05, 0.1) is 6.33 Å². The number of anilines is 1. The number of carbonyl (C=O) groups is 1. The minimum Gasteiger partial charge on any atom is -0.460 e. The molecule has 124 valence electrons. The van der Waals surface area contributed by atoms with Gasteiger partial charge in [-0.05, 0) is 32.4 Å². The second-order valence-electron chi connectivity index (χ2n) is 6.24. The van der Waals surface area contributed by atoms with Crippen molar-refractivity contribution in [1.82, 2.24) is 19.7 Å². The highest BCUT2D eigenvalue weighted by Gasteiger charge is 2.26. The van der Waals surface area contributed by atoms with E-state index in [-0.39, 0.29) is 11.8 Å². The van der Waals surface area contributed by atoms with Gasteiger partial charge in [-0.25, -0.2) is 4.98 Å². The first-order valence-electron chi connectivity index (χ1n) is 8.03. The molecule has 0 radical (unpaired) electrons. The van der Waals surface area contributed by atoms with Crippen molar-refractivity contribution in [2.24, 2.45) is 5.92 Å². The molecular formula is C17H19N5O2. The maximum atomic E-state index is 12.6. The van der Waals surface area contributed by atoms with Crippen LogP contribution in [0.5, 0.6) is 0 Å². The fourth-order valence-electron chi connectivity index (χ4n) is 3.14. The Balaban J connectivity index is 1.50. The number of nitrogens with zero attached hydrogens (tertiary/aromatic N) is 3. The molecule has 1 unspecified atom stereocenters. The highest BCUT2D eigenvalue weighted by molar-refractivity contribution is 5.93. The van der Waals surface area contributed by atoms with Crippen molar-refractivity contribution in [3.8, 4) is 11.5 Å². The van der Waals surface area contributed by atoms with Crippen LogP contribution in [0, 0.1) is 19.8 Å². The summed E-state index contributed by atoms with van der Waals surface area (Å²) in [6, 6.07) is 3.79. The number of H-pyrrole nitrogens is 1. The number of imidazole rings is 1. The fourth-order valence-corrected chi connectivity index (χ4v) is 3.14. The number of nitrogens with one attached hydrogen (secondary N) is 2. The lowest BCUT2D eigenvalue weighted by molar-refractivity contribution is -0.120. The van der Waals surface area contributed by atoms with Crippen LogP contribution in [-0.2, 0) is 17.8 Å². The number of carbonyl (C=O) groups excluding carboxylic acids is 1. The maximum absolute atomic E-state index is 12.6. The summed E-state index contributed by atoms with van der Waals surface area (Å²) >= 11 is 0. The van der Waals surface area contributed by atoms with Crippen LogP contribution in [0.15, 0.2) is 29.1 Å². The number of furan rings is 1. The molecule has 4 rings (SSSR count). The number of hydrogen-bond donors (Lipinski definition) is 2. The molecule has 2 N–H and O–H groups in total. The summed E-state index contributed by atoms with van der Waals surface area (Å²) in [5.74, 6) is 2.06. The maximum Gasteiger partial charge on any atom is 0.229 e.